The minimum Gasteiger partial charge on any atom is -0.319 e. The van der Waals surface area contributed by atoms with Crippen molar-refractivity contribution in [1.82, 2.24) is 0 Å². The van der Waals surface area contributed by atoms with Gasteiger partial charge in [0.1, 0.15) is 0 Å². The summed E-state index contributed by atoms with van der Waals surface area (Å²) >= 11 is 5.96. The number of hydrogen-bond acceptors (Lipinski definition) is 2. The molecule has 0 bridgehead atoms. The van der Waals surface area contributed by atoms with Gasteiger partial charge in [-0.15, -0.1) is 0 Å². The van der Waals surface area contributed by atoms with Crippen LogP contribution < -0.4 is 5.32 Å². The fourth-order valence-electron chi connectivity index (χ4n) is 2.35. The molecule has 0 saturated heterocycles. The first-order valence-electron chi connectivity index (χ1n) is 6.55. The van der Waals surface area contributed by atoms with E-state index >= 15 is 0 Å². The van der Waals surface area contributed by atoms with E-state index in [1.165, 1.54) is 0 Å². The summed E-state index contributed by atoms with van der Waals surface area (Å²) < 4.78 is 0. The Balaban J connectivity index is 1.81. The van der Waals surface area contributed by atoms with Crippen LogP contribution in [-0.2, 0) is 16.0 Å². The normalized spacial score (nSPS) is 12.5. The van der Waals surface area contributed by atoms with Crippen molar-refractivity contribution >= 4 is 34.6 Å². The first-order chi connectivity index (χ1) is 10.1. The minimum absolute atomic E-state index is 0.418. The number of fused-ring (bicyclic) bond motifs is 1. The number of carbonyl (C=O) groups excluding carboxylic acids is 2. The minimum atomic E-state index is -0.639. The molecule has 0 radical (unpaired) electrons. The number of benzene rings is 2. The maximum Gasteiger partial charge on any atom is 0.296 e. The summed E-state index contributed by atoms with van der Waals surface area (Å²) in [6.45, 7) is 0. The van der Waals surface area contributed by atoms with Gasteiger partial charge in [-0.1, -0.05) is 41.9 Å². The molecule has 3 nitrogen and oxygen atoms in total. The molecule has 1 amide bonds. The number of hydrogen-bond donors (Lipinski definition) is 1. The number of halogens is 1. The van der Waals surface area contributed by atoms with Gasteiger partial charge in [0.25, 0.3) is 11.7 Å². The Hall–Kier alpha value is -2.39. The summed E-state index contributed by atoms with van der Waals surface area (Å²) in [7, 11) is 0. The number of carbonyl (C=O) groups is 2. The van der Waals surface area contributed by atoms with Crippen molar-refractivity contribution in [2.75, 3.05) is 5.32 Å². The van der Waals surface area contributed by atoms with Gasteiger partial charge >= 0.3 is 0 Å². The van der Waals surface area contributed by atoms with Gasteiger partial charge in [-0.25, -0.2) is 0 Å². The van der Waals surface area contributed by atoms with Crippen LogP contribution in [0.15, 0.2) is 54.6 Å². The lowest BCUT2D eigenvalue weighted by atomic mass is 10.0. The Labute approximate surface area is 127 Å². The van der Waals surface area contributed by atoms with E-state index in [0.717, 1.165) is 11.1 Å². The third-order valence-electron chi connectivity index (χ3n) is 3.37. The van der Waals surface area contributed by atoms with Gasteiger partial charge in [0.05, 0.1) is 0 Å². The SMILES string of the molecule is O=C(Nc1ccccc1)C(=O)C1=CCc2ccc(Cl)cc21. The van der Waals surface area contributed by atoms with Crippen LogP contribution in [0.4, 0.5) is 5.69 Å². The van der Waals surface area contributed by atoms with Crippen molar-refractivity contribution in [3.63, 3.8) is 0 Å². The van der Waals surface area contributed by atoms with Crippen molar-refractivity contribution in [2.45, 2.75) is 6.42 Å². The van der Waals surface area contributed by atoms with Gasteiger partial charge in [0.2, 0.25) is 0 Å². The summed E-state index contributed by atoms with van der Waals surface area (Å²) in [5.74, 6) is -1.18. The highest BCUT2D eigenvalue weighted by Crippen LogP contribution is 2.30. The number of ketones is 1. The Morgan fingerprint density at radius 3 is 2.57 bits per heavy atom. The van der Waals surface area contributed by atoms with E-state index < -0.39 is 11.7 Å². The predicted octanol–water partition coefficient (Wildman–Crippen LogP) is 3.49. The van der Waals surface area contributed by atoms with Gasteiger partial charge in [-0.2, -0.15) is 0 Å². The zero-order valence-electron chi connectivity index (χ0n) is 11.1. The van der Waals surface area contributed by atoms with Crippen molar-refractivity contribution in [3.05, 3.63) is 70.8 Å². The van der Waals surface area contributed by atoms with Crippen LogP contribution in [-0.4, -0.2) is 11.7 Å². The lowest BCUT2D eigenvalue weighted by Crippen LogP contribution is -2.23. The molecule has 2 aromatic carbocycles. The highest BCUT2D eigenvalue weighted by atomic mass is 35.5. The van der Waals surface area contributed by atoms with E-state index in [4.69, 9.17) is 11.6 Å². The zero-order chi connectivity index (χ0) is 14.8. The molecule has 4 heteroatoms. The van der Waals surface area contributed by atoms with Crippen LogP contribution in [0.3, 0.4) is 0 Å². The van der Waals surface area contributed by atoms with Crippen molar-refractivity contribution < 1.29 is 9.59 Å². The Kier molecular flexibility index (Phi) is 3.59. The molecule has 0 aliphatic heterocycles. The monoisotopic (exact) mass is 297 g/mol. The van der Waals surface area contributed by atoms with Gasteiger partial charge in [0, 0.05) is 16.3 Å². The Morgan fingerprint density at radius 1 is 1.05 bits per heavy atom. The molecule has 0 unspecified atom stereocenters. The second-order valence-corrected chi connectivity index (χ2v) is 5.21. The molecule has 0 spiro atoms. The molecule has 0 atom stereocenters. The van der Waals surface area contributed by atoms with Crippen LogP contribution in [0.2, 0.25) is 5.02 Å². The summed E-state index contributed by atoms with van der Waals surface area (Å²) in [5, 5.41) is 3.16. The Bertz CT molecular complexity index is 751. The van der Waals surface area contributed by atoms with Crippen LogP contribution in [0.25, 0.3) is 5.57 Å². The predicted molar refractivity (Wildman–Crippen MR) is 83.2 cm³/mol. The molecule has 0 saturated carbocycles. The highest BCUT2D eigenvalue weighted by molar-refractivity contribution is 6.56. The third kappa shape index (κ3) is 2.73. The second kappa shape index (κ2) is 5.54. The number of nitrogens with one attached hydrogen (secondary N) is 1. The van der Waals surface area contributed by atoms with Gasteiger partial charge in [0.15, 0.2) is 0 Å². The molecule has 1 aliphatic carbocycles. The van der Waals surface area contributed by atoms with Crippen LogP contribution in [0.1, 0.15) is 11.1 Å². The standard InChI is InChI=1S/C17H12ClNO2/c18-12-8-6-11-7-9-14(15(11)10-12)16(20)17(21)19-13-4-2-1-3-5-13/h1-6,8-10H,7H2,(H,19,21). The number of Topliss-reactive ketones (excluding diaryl/α,β-unsaturated/α-hetero) is 1. The molecular weight excluding hydrogens is 286 g/mol. The molecule has 3 rings (SSSR count). The molecule has 0 heterocycles. The third-order valence-corrected chi connectivity index (χ3v) is 3.61. The van der Waals surface area contributed by atoms with Crippen LogP contribution in [0.5, 0.6) is 0 Å². The van der Waals surface area contributed by atoms with Crippen molar-refractivity contribution in [1.29, 1.82) is 0 Å². The fourth-order valence-corrected chi connectivity index (χ4v) is 2.52. The van der Waals surface area contributed by atoms with Gasteiger partial charge in [-0.3, -0.25) is 9.59 Å². The number of allylic oxidation sites excluding steroid dienone is 1. The summed E-state index contributed by atoms with van der Waals surface area (Å²) in [6, 6.07) is 14.3. The number of rotatable bonds is 3. The van der Waals surface area contributed by atoms with E-state index in [0.29, 0.717) is 22.7 Å². The first kappa shape index (κ1) is 13.6. The highest BCUT2D eigenvalue weighted by Gasteiger charge is 2.25. The number of amides is 1. The maximum atomic E-state index is 12.3. The molecule has 0 fully saturated rings. The summed E-state index contributed by atoms with van der Waals surface area (Å²) in [4.78, 5) is 24.4. The first-order valence-corrected chi connectivity index (χ1v) is 6.92. The molecule has 21 heavy (non-hydrogen) atoms. The van der Waals surface area contributed by atoms with E-state index in [1.54, 1.807) is 42.5 Å². The molecule has 0 aromatic heterocycles. The van der Waals surface area contributed by atoms with Gasteiger partial charge in [-0.05, 0) is 41.8 Å². The quantitative estimate of drug-likeness (QED) is 0.882. The molecular formula is C17H12ClNO2. The average molecular weight is 298 g/mol. The van der Waals surface area contributed by atoms with E-state index in [9.17, 15) is 9.59 Å². The van der Waals surface area contributed by atoms with Crippen LogP contribution in [0, 0.1) is 0 Å². The lowest BCUT2D eigenvalue weighted by Gasteiger charge is -2.07. The maximum absolute atomic E-state index is 12.3. The largest absolute Gasteiger partial charge is 0.319 e. The van der Waals surface area contributed by atoms with Crippen molar-refractivity contribution in [2.24, 2.45) is 0 Å². The number of anilines is 1. The smallest absolute Gasteiger partial charge is 0.296 e. The van der Waals surface area contributed by atoms with E-state index in [1.807, 2.05) is 12.1 Å². The van der Waals surface area contributed by atoms with E-state index in [-0.39, 0.29) is 0 Å². The van der Waals surface area contributed by atoms with E-state index in [2.05, 4.69) is 5.32 Å². The van der Waals surface area contributed by atoms with Crippen molar-refractivity contribution in [3.8, 4) is 0 Å². The topological polar surface area (TPSA) is 46.2 Å². The molecule has 1 aliphatic rings. The fraction of sp³-hybridized carbons (Fsp3) is 0.0588. The summed E-state index contributed by atoms with van der Waals surface area (Å²) in [6.07, 6.45) is 2.42. The zero-order valence-corrected chi connectivity index (χ0v) is 11.9. The van der Waals surface area contributed by atoms with Gasteiger partial charge < -0.3 is 5.32 Å². The lowest BCUT2D eigenvalue weighted by molar-refractivity contribution is -0.131. The molecule has 2 aromatic rings. The number of para-hydroxylation sites is 1. The summed E-state index contributed by atoms with van der Waals surface area (Å²) in [5.41, 5.74) is 2.77. The molecule has 104 valence electrons. The average Bonchev–Trinajstić information content (AvgIpc) is 2.90. The van der Waals surface area contributed by atoms with Crippen LogP contribution >= 0.6 is 11.6 Å². The Morgan fingerprint density at radius 2 is 1.81 bits per heavy atom. The molecule has 1 N–H and O–H groups in total. The second-order valence-electron chi connectivity index (χ2n) is 4.77.